The van der Waals surface area contributed by atoms with Crippen LogP contribution in [0.5, 0.6) is 0 Å². The number of aromatic nitrogens is 2. The zero-order chi connectivity index (χ0) is 13.2. The van der Waals surface area contributed by atoms with E-state index >= 15 is 0 Å². The van der Waals surface area contributed by atoms with Gasteiger partial charge in [0.2, 0.25) is 15.3 Å². The number of rotatable bonds is 4. The van der Waals surface area contributed by atoms with Crippen molar-refractivity contribution in [2.24, 2.45) is 5.92 Å². The lowest BCUT2D eigenvalue weighted by molar-refractivity contribution is 0.134. The van der Waals surface area contributed by atoms with Gasteiger partial charge in [0.1, 0.15) is 4.90 Å². The summed E-state index contributed by atoms with van der Waals surface area (Å²) in [7, 11) is -3.63. The predicted molar refractivity (Wildman–Crippen MR) is 65.6 cm³/mol. The number of hydrogen-bond donors (Lipinski definition) is 2. The summed E-state index contributed by atoms with van der Waals surface area (Å²) < 4.78 is 26.2. The van der Waals surface area contributed by atoms with E-state index in [1.807, 2.05) is 0 Å². The molecule has 0 bridgehead atoms. The number of hydrogen-bond acceptors (Lipinski definition) is 5. The molecule has 2 N–H and O–H groups in total. The van der Waals surface area contributed by atoms with Crippen molar-refractivity contribution >= 4 is 21.6 Å². The Morgan fingerprint density at radius 3 is 2.61 bits per heavy atom. The van der Waals surface area contributed by atoms with Crippen LogP contribution in [-0.4, -0.2) is 36.1 Å². The average Bonchev–Trinajstić information content (AvgIpc) is 2.73. The van der Waals surface area contributed by atoms with Crippen LogP contribution in [0.1, 0.15) is 19.3 Å². The van der Waals surface area contributed by atoms with Crippen LogP contribution in [-0.2, 0) is 10.0 Å². The second-order valence-electron chi connectivity index (χ2n) is 4.30. The summed E-state index contributed by atoms with van der Waals surface area (Å²) in [6.07, 6.45) is 4.38. The monoisotopic (exact) mass is 291 g/mol. The van der Waals surface area contributed by atoms with Gasteiger partial charge in [0.25, 0.3) is 0 Å². The molecule has 100 valence electrons. The van der Waals surface area contributed by atoms with Crippen LogP contribution in [0.15, 0.2) is 17.3 Å². The van der Waals surface area contributed by atoms with E-state index < -0.39 is 16.1 Å². The van der Waals surface area contributed by atoms with Crippen LogP contribution in [0.3, 0.4) is 0 Å². The van der Waals surface area contributed by atoms with E-state index in [0.717, 1.165) is 31.7 Å². The summed E-state index contributed by atoms with van der Waals surface area (Å²) in [6.45, 7) is 0.228. The lowest BCUT2D eigenvalue weighted by Gasteiger charge is -2.14. The molecule has 0 aliphatic heterocycles. The van der Waals surface area contributed by atoms with E-state index in [1.165, 1.54) is 0 Å². The maximum Gasteiger partial charge on any atom is 0.243 e. The minimum Gasteiger partial charge on any atom is -0.393 e. The van der Waals surface area contributed by atoms with Crippen LogP contribution < -0.4 is 4.72 Å². The first-order valence-corrected chi connectivity index (χ1v) is 7.50. The number of nitrogens with zero attached hydrogens (tertiary/aromatic N) is 2. The van der Waals surface area contributed by atoms with E-state index in [0.29, 0.717) is 0 Å². The maximum absolute atomic E-state index is 11.9. The smallest absolute Gasteiger partial charge is 0.243 e. The molecule has 2 rings (SSSR count). The van der Waals surface area contributed by atoms with E-state index in [-0.39, 0.29) is 22.6 Å². The number of aliphatic hydroxyl groups excluding tert-OH is 1. The molecule has 2 unspecified atom stereocenters. The first-order valence-electron chi connectivity index (χ1n) is 5.64. The fraction of sp³-hybridized carbons (Fsp3) is 0.600. The van der Waals surface area contributed by atoms with Gasteiger partial charge in [-0.2, -0.15) is 0 Å². The third-order valence-corrected chi connectivity index (χ3v) is 4.63. The van der Waals surface area contributed by atoms with Crippen LogP contribution in [0, 0.1) is 5.92 Å². The van der Waals surface area contributed by atoms with Gasteiger partial charge in [-0.1, -0.05) is 6.42 Å². The Labute approximate surface area is 110 Å². The molecule has 2 atom stereocenters. The molecule has 1 aromatic rings. The fourth-order valence-electron chi connectivity index (χ4n) is 1.99. The molecule has 8 heteroatoms. The average molecular weight is 292 g/mol. The van der Waals surface area contributed by atoms with Crippen LogP contribution in [0.25, 0.3) is 0 Å². The van der Waals surface area contributed by atoms with Crippen LogP contribution in [0.2, 0.25) is 5.28 Å². The molecule has 0 spiro atoms. The topological polar surface area (TPSA) is 92.2 Å². The van der Waals surface area contributed by atoms with E-state index in [1.54, 1.807) is 0 Å². The van der Waals surface area contributed by atoms with Gasteiger partial charge in [-0.3, -0.25) is 0 Å². The molecule has 1 aliphatic carbocycles. The Hall–Kier alpha value is -0.760. The van der Waals surface area contributed by atoms with Gasteiger partial charge in [-0.15, -0.1) is 0 Å². The van der Waals surface area contributed by atoms with Crippen molar-refractivity contribution in [3.8, 4) is 0 Å². The highest BCUT2D eigenvalue weighted by Crippen LogP contribution is 2.25. The normalized spacial score (nSPS) is 24.3. The van der Waals surface area contributed by atoms with Crippen LogP contribution in [0.4, 0.5) is 0 Å². The van der Waals surface area contributed by atoms with Crippen molar-refractivity contribution in [1.29, 1.82) is 0 Å². The Balaban J connectivity index is 2.01. The Kier molecular flexibility index (Phi) is 4.16. The summed E-state index contributed by atoms with van der Waals surface area (Å²) >= 11 is 5.49. The molecule has 18 heavy (non-hydrogen) atoms. The van der Waals surface area contributed by atoms with Gasteiger partial charge in [-0.25, -0.2) is 23.1 Å². The molecule has 1 heterocycles. The molecular weight excluding hydrogens is 278 g/mol. The van der Waals surface area contributed by atoms with Gasteiger partial charge in [0, 0.05) is 6.54 Å². The minimum absolute atomic E-state index is 0.000153. The molecule has 1 aromatic heterocycles. The van der Waals surface area contributed by atoms with Crippen molar-refractivity contribution in [3.63, 3.8) is 0 Å². The Morgan fingerprint density at radius 2 is 2.06 bits per heavy atom. The fourth-order valence-corrected chi connectivity index (χ4v) is 3.08. The van der Waals surface area contributed by atoms with Crippen molar-refractivity contribution in [2.75, 3.05) is 6.54 Å². The Morgan fingerprint density at radius 1 is 1.39 bits per heavy atom. The molecule has 1 saturated carbocycles. The summed E-state index contributed by atoms with van der Waals surface area (Å²) in [5, 5.41) is 9.62. The van der Waals surface area contributed by atoms with Gasteiger partial charge >= 0.3 is 0 Å². The van der Waals surface area contributed by atoms with Gasteiger partial charge in [0.15, 0.2) is 0 Å². The Bertz CT molecular complexity index is 506. The van der Waals surface area contributed by atoms with Crippen molar-refractivity contribution in [2.45, 2.75) is 30.3 Å². The van der Waals surface area contributed by atoms with Gasteiger partial charge in [0.05, 0.1) is 18.5 Å². The van der Waals surface area contributed by atoms with Gasteiger partial charge in [-0.05, 0) is 30.4 Å². The summed E-state index contributed by atoms with van der Waals surface area (Å²) in [5.41, 5.74) is 0. The third-order valence-electron chi connectivity index (χ3n) is 3.06. The van der Waals surface area contributed by atoms with Crippen molar-refractivity contribution in [1.82, 2.24) is 14.7 Å². The molecule has 0 radical (unpaired) electrons. The lowest BCUT2D eigenvalue weighted by atomic mass is 10.1. The van der Waals surface area contributed by atoms with Crippen molar-refractivity contribution in [3.05, 3.63) is 17.7 Å². The molecule has 0 saturated heterocycles. The van der Waals surface area contributed by atoms with E-state index in [2.05, 4.69) is 14.7 Å². The molecule has 1 aliphatic rings. The standard InChI is InChI=1S/C10H14ClN3O3S/c11-10-12-5-8(6-13-10)18(16,17)14-4-7-2-1-3-9(7)15/h5-7,9,14-15H,1-4H2. The number of halogens is 1. The second-order valence-corrected chi connectivity index (χ2v) is 6.40. The maximum atomic E-state index is 11.9. The number of nitrogens with one attached hydrogen (secondary N) is 1. The SMILES string of the molecule is O=S(=O)(NCC1CCCC1O)c1cnc(Cl)nc1. The number of sulfonamides is 1. The first-order chi connectivity index (χ1) is 8.49. The minimum atomic E-state index is -3.63. The molecule has 1 fully saturated rings. The van der Waals surface area contributed by atoms with E-state index in [9.17, 15) is 13.5 Å². The summed E-state index contributed by atoms with van der Waals surface area (Å²) in [5.74, 6) is -0.0204. The van der Waals surface area contributed by atoms with Crippen LogP contribution >= 0.6 is 11.6 Å². The highest BCUT2D eigenvalue weighted by atomic mass is 35.5. The van der Waals surface area contributed by atoms with Gasteiger partial charge < -0.3 is 5.11 Å². The zero-order valence-electron chi connectivity index (χ0n) is 9.58. The second kappa shape index (κ2) is 5.48. The summed E-state index contributed by atoms with van der Waals surface area (Å²) in [4.78, 5) is 7.22. The largest absolute Gasteiger partial charge is 0.393 e. The quantitative estimate of drug-likeness (QED) is 0.791. The predicted octanol–water partition coefficient (Wildman–Crippen LogP) is 0.569. The molecule has 6 nitrogen and oxygen atoms in total. The summed E-state index contributed by atoms with van der Waals surface area (Å²) in [6, 6.07) is 0. The highest BCUT2D eigenvalue weighted by Gasteiger charge is 2.27. The molecule has 0 amide bonds. The van der Waals surface area contributed by atoms with Crippen molar-refractivity contribution < 1.29 is 13.5 Å². The lowest BCUT2D eigenvalue weighted by Crippen LogP contribution is -2.32. The molecular formula is C10H14ClN3O3S. The van der Waals surface area contributed by atoms with E-state index in [4.69, 9.17) is 11.6 Å². The first kappa shape index (κ1) is 13.7. The zero-order valence-corrected chi connectivity index (χ0v) is 11.2. The third kappa shape index (κ3) is 3.17. The highest BCUT2D eigenvalue weighted by molar-refractivity contribution is 7.89. The molecule has 0 aromatic carbocycles. The number of aliphatic hydroxyl groups is 1.